The molecule has 1 aliphatic heterocycles. The Bertz CT molecular complexity index is 874. The minimum absolute atomic E-state index is 0.0757. The molecule has 2 aromatic heterocycles. The molecular weight excluding hydrogens is 372 g/mol. The Hall–Kier alpha value is -1.71. The van der Waals surface area contributed by atoms with Gasteiger partial charge in [0.15, 0.2) is 9.84 Å². The van der Waals surface area contributed by atoms with Gasteiger partial charge in [-0.25, -0.2) is 13.1 Å². The number of rotatable bonds is 6. The van der Waals surface area contributed by atoms with E-state index in [-0.39, 0.29) is 36.0 Å². The second kappa shape index (κ2) is 7.50. The Kier molecular flexibility index (Phi) is 5.50. The minimum Gasteiger partial charge on any atom is -0.310 e. The monoisotopic (exact) mass is 396 g/mol. The highest BCUT2D eigenvalue weighted by atomic mass is 32.2. The van der Waals surface area contributed by atoms with Crippen molar-refractivity contribution in [3.63, 3.8) is 0 Å². The first-order chi connectivity index (χ1) is 12.2. The van der Waals surface area contributed by atoms with Crippen LogP contribution in [0.25, 0.3) is 0 Å². The van der Waals surface area contributed by atoms with Gasteiger partial charge in [0.25, 0.3) is 0 Å². The van der Waals surface area contributed by atoms with Crippen molar-refractivity contribution in [3.8, 4) is 0 Å². The number of hydrogen-bond donors (Lipinski definition) is 1. The minimum atomic E-state index is -3.02. The molecule has 1 N–H and O–H groups in total. The first-order valence-corrected chi connectivity index (χ1v) is 11.3. The third kappa shape index (κ3) is 4.33. The molecule has 2 aromatic rings. The number of carbonyl (C=O) groups is 1. The van der Waals surface area contributed by atoms with Gasteiger partial charge in [-0.05, 0) is 38.8 Å². The van der Waals surface area contributed by atoms with Crippen LogP contribution >= 0.6 is 11.3 Å². The van der Waals surface area contributed by atoms with Crippen molar-refractivity contribution in [2.24, 2.45) is 0 Å². The average Bonchev–Trinajstić information content (AvgIpc) is 3.27. The molecule has 2 atom stereocenters. The largest absolute Gasteiger partial charge is 0.310 e. The van der Waals surface area contributed by atoms with Gasteiger partial charge in [-0.15, -0.1) is 11.3 Å². The molecular formula is C17H24N4O3S2. The normalized spacial score (nSPS) is 20.4. The van der Waals surface area contributed by atoms with Crippen LogP contribution in [0.4, 0.5) is 5.82 Å². The van der Waals surface area contributed by atoms with E-state index in [4.69, 9.17) is 0 Å². The Morgan fingerprint density at radius 2 is 2.31 bits per heavy atom. The number of nitrogens with one attached hydrogen (secondary N) is 1. The molecule has 0 aliphatic carbocycles. The van der Waals surface area contributed by atoms with Crippen molar-refractivity contribution in [2.45, 2.75) is 32.4 Å². The lowest BCUT2D eigenvalue weighted by atomic mass is 10.2. The number of hydrogen-bond acceptors (Lipinski definition) is 6. The van der Waals surface area contributed by atoms with Gasteiger partial charge >= 0.3 is 0 Å². The van der Waals surface area contributed by atoms with Gasteiger partial charge in [0.1, 0.15) is 5.82 Å². The van der Waals surface area contributed by atoms with Crippen molar-refractivity contribution in [3.05, 3.63) is 34.2 Å². The maximum absolute atomic E-state index is 12.5. The second-order valence-electron chi connectivity index (χ2n) is 6.83. The fourth-order valence-corrected chi connectivity index (χ4v) is 5.69. The zero-order valence-electron chi connectivity index (χ0n) is 15.2. The zero-order valence-corrected chi connectivity index (χ0v) is 16.8. The smallest absolute Gasteiger partial charge is 0.239 e. The van der Waals surface area contributed by atoms with Crippen LogP contribution < -0.4 is 5.32 Å². The number of aromatic nitrogens is 2. The lowest BCUT2D eigenvalue weighted by Gasteiger charge is -2.23. The van der Waals surface area contributed by atoms with Gasteiger partial charge in [0, 0.05) is 17.0 Å². The van der Waals surface area contributed by atoms with Crippen LogP contribution in [-0.4, -0.2) is 54.1 Å². The molecule has 9 heteroatoms. The van der Waals surface area contributed by atoms with E-state index in [1.54, 1.807) is 22.1 Å². The number of anilines is 1. The topological polar surface area (TPSA) is 84.3 Å². The Morgan fingerprint density at radius 3 is 2.92 bits per heavy atom. The molecule has 2 unspecified atom stereocenters. The standard InChI is InChI=1S/C17H24N4O3S2/c1-12-9-16(21(19-12)14-6-8-26(23,24)11-14)18-17(22)10-20(3)13(2)15-5-4-7-25-15/h4-5,7,9,13-14H,6,8,10-11H2,1-3H3,(H,18,22). The molecule has 0 radical (unpaired) electrons. The summed E-state index contributed by atoms with van der Waals surface area (Å²) in [5, 5.41) is 9.31. The second-order valence-corrected chi connectivity index (χ2v) is 10.0. The molecule has 0 aromatic carbocycles. The van der Waals surface area contributed by atoms with Crippen LogP contribution in [0, 0.1) is 6.92 Å². The molecule has 1 aliphatic rings. The van der Waals surface area contributed by atoms with E-state index in [2.05, 4.69) is 23.4 Å². The fourth-order valence-electron chi connectivity index (χ4n) is 3.15. The number of carbonyl (C=O) groups excluding carboxylic acids is 1. The number of nitrogens with zero attached hydrogens (tertiary/aromatic N) is 3. The number of likely N-dealkylation sites (N-methyl/N-ethyl adjacent to an activating group) is 1. The first-order valence-electron chi connectivity index (χ1n) is 8.55. The predicted molar refractivity (Wildman–Crippen MR) is 103 cm³/mol. The van der Waals surface area contributed by atoms with E-state index in [0.717, 1.165) is 5.69 Å². The Morgan fingerprint density at radius 1 is 1.54 bits per heavy atom. The summed E-state index contributed by atoms with van der Waals surface area (Å²) in [6.45, 7) is 4.14. The van der Waals surface area contributed by atoms with Crippen LogP contribution in [0.1, 0.15) is 36.0 Å². The molecule has 1 amide bonds. The average molecular weight is 397 g/mol. The van der Waals surface area contributed by atoms with Crippen LogP contribution in [0.15, 0.2) is 23.6 Å². The van der Waals surface area contributed by atoms with Gasteiger partial charge in [-0.2, -0.15) is 5.10 Å². The molecule has 142 valence electrons. The van der Waals surface area contributed by atoms with E-state index in [1.165, 1.54) is 4.88 Å². The van der Waals surface area contributed by atoms with Crippen LogP contribution in [0.5, 0.6) is 0 Å². The summed E-state index contributed by atoms with van der Waals surface area (Å²) in [6, 6.07) is 5.77. The molecule has 7 nitrogen and oxygen atoms in total. The molecule has 26 heavy (non-hydrogen) atoms. The molecule has 1 saturated heterocycles. The molecule has 0 saturated carbocycles. The van der Waals surface area contributed by atoms with Gasteiger partial charge < -0.3 is 5.32 Å². The van der Waals surface area contributed by atoms with E-state index in [1.807, 2.05) is 30.3 Å². The molecule has 3 heterocycles. The Balaban J connectivity index is 1.66. The van der Waals surface area contributed by atoms with E-state index in [0.29, 0.717) is 12.2 Å². The van der Waals surface area contributed by atoms with Crippen LogP contribution in [-0.2, 0) is 14.6 Å². The lowest BCUT2D eigenvalue weighted by Crippen LogP contribution is -2.32. The molecule has 0 spiro atoms. The third-order valence-corrected chi connectivity index (χ3v) is 7.48. The summed E-state index contributed by atoms with van der Waals surface area (Å²) >= 11 is 1.67. The SMILES string of the molecule is Cc1cc(NC(=O)CN(C)C(C)c2cccs2)n(C2CCS(=O)(=O)C2)n1. The highest BCUT2D eigenvalue weighted by Crippen LogP contribution is 2.27. The number of amides is 1. The fraction of sp³-hybridized carbons (Fsp3) is 0.529. The number of thiophene rings is 1. The summed E-state index contributed by atoms with van der Waals surface area (Å²) < 4.78 is 25.2. The number of aryl methyl sites for hydroxylation is 1. The summed E-state index contributed by atoms with van der Waals surface area (Å²) in [4.78, 5) is 15.7. The van der Waals surface area contributed by atoms with Crippen molar-refractivity contribution in [1.29, 1.82) is 0 Å². The molecule has 3 rings (SSSR count). The highest BCUT2D eigenvalue weighted by Gasteiger charge is 2.31. The van der Waals surface area contributed by atoms with Crippen LogP contribution in [0.2, 0.25) is 0 Å². The van der Waals surface area contributed by atoms with E-state index >= 15 is 0 Å². The van der Waals surface area contributed by atoms with Gasteiger partial charge in [0.05, 0.1) is 29.8 Å². The highest BCUT2D eigenvalue weighted by molar-refractivity contribution is 7.91. The maximum Gasteiger partial charge on any atom is 0.239 e. The van der Waals surface area contributed by atoms with Crippen molar-refractivity contribution in [2.75, 3.05) is 30.4 Å². The maximum atomic E-state index is 12.5. The van der Waals surface area contributed by atoms with Gasteiger partial charge in [0.2, 0.25) is 5.91 Å². The zero-order chi connectivity index (χ0) is 18.9. The summed E-state index contributed by atoms with van der Waals surface area (Å²) in [5.74, 6) is 0.668. The first kappa shape index (κ1) is 19.1. The molecule has 0 bridgehead atoms. The van der Waals surface area contributed by atoms with Crippen molar-refractivity contribution < 1.29 is 13.2 Å². The third-order valence-electron chi connectivity index (χ3n) is 4.69. The van der Waals surface area contributed by atoms with Crippen molar-refractivity contribution >= 4 is 32.9 Å². The van der Waals surface area contributed by atoms with E-state index < -0.39 is 9.84 Å². The summed E-state index contributed by atoms with van der Waals surface area (Å²) in [5.41, 5.74) is 0.755. The van der Waals surface area contributed by atoms with Crippen LogP contribution in [0.3, 0.4) is 0 Å². The Labute approximate surface area is 157 Å². The summed E-state index contributed by atoms with van der Waals surface area (Å²) in [7, 11) is -1.10. The quantitative estimate of drug-likeness (QED) is 0.810. The molecule has 1 fully saturated rings. The van der Waals surface area contributed by atoms with Crippen molar-refractivity contribution in [1.82, 2.24) is 14.7 Å². The predicted octanol–water partition coefficient (Wildman–Crippen LogP) is 2.24. The summed E-state index contributed by atoms with van der Waals surface area (Å²) in [6.07, 6.45) is 0.529. The van der Waals surface area contributed by atoms with Gasteiger partial charge in [-0.1, -0.05) is 6.07 Å². The van der Waals surface area contributed by atoms with Gasteiger partial charge in [-0.3, -0.25) is 9.69 Å². The number of sulfone groups is 1. The van der Waals surface area contributed by atoms with E-state index in [9.17, 15) is 13.2 Å². The lowest BCUT2D eigenvalue weighted by molar-refractivity contribution is -0.117.